The van der Waals surface area contributed by atoms with Gasteiger partial charge in [0, 0.05) is 25.3 Å². The van der Waals surface area contributed by atoms with Gasteiger partial charge in [-0.1, -0.05) is 30.3 Å². The van der Waals surface area contributed by atoms with Gasteiger partial charge in [0.05, 0.1) is 5.69 Å². The molecule has 0 spiro atoms. The van der Waals surface area contributed by atoms with E-state index in [0.717, 1.165) is 18.8 Å². The van der Waals surface area contributed by atoms with Crippen LogP contribution in [0.15, 0.2) is 42.6 Å². The monoisotopic (exact) mass is 297 g/mol. The highest BCUT2D eigenvalue weighted by molar-refractivity contribution is 5.26. The van der Waals surface area contributed by atoms with Gasteiger partial charge in [-0.15, -0.1) is 0 Å². The SMILES string of the molecule is Cc1cccnc1CN(C)Cc1cccc(C(C)N(C)C)c1. The first-order valence-electron chi connectivity index (χ1n) is 7.81. The predicted octanol–water partition coefficient (Wildman–Crippen LogP) is 3.64. The lowest BCUT2D eigenvalue weighted by molar-refractivity contribution is 0.310. The maximum atomic E-state index is 4.48. The Morgan fingerprint density at radius 1 is 1.05 bits per heavy atom. The second kappa shape index (κ2) is 7.52. The van der Waals surface area contributed by atoms with Gasteiger partial charge in [0.2, 0.25) is 0 Å². The minimum absolute atomic E-state index is 0.434. The molecule has 0 aliphatic carbocycles. The molecule has 1 unspecified atom stereocenters. The zero-order valence-electron chi connectivity index (χ0n) is 14.4. The maximum Gasteiger partial charge on any atom is 0.0573 e. The number of aryl methyl sites for hydroxylation is 1. The van der Waals surface area contributed by atoms with Crippen LogP contribution in [0.2, 0.25) is 0 Å². The van der Waals surface area contributed by atoms with Crippen LogP contribution >= 0.6 is 0 Å². The van der Waals surface area contributed by atoms with E-state index in [2.05, 4.69) is 80.1 Å². The molecular weight excluding hydrogens is 270 g/mol. The smallest absolute Gasteiger partial charge is 0.0573 e. The molecule has 0 fully saturated rings. The number of hydrogen-bond acceptors (Lipinski definition) is 3. The lowest BCUT2D eigenvalue weighted by Gasteiger charge is -2.22. The highest BCUT2D eigenvalue weighted by Crippen LogP contribution is 2.19. The Morgan fingerprint density at radius 3 is 2.50 bits per heavy atom. The molecule has 2 rings (SSSR count). The van der Waals surface area contributed by atoms with Crippen LogP contribution < -0.4 is 0 Å². The fraction of sp³-hybridized carbons (Fsp3) is 0.421. The normalized spacial score (nSPS) is 12.9. The molecule has 0 aliphatic heterocycles. The van der Waals surface area contributed by atoms with E-state index in [4.69, 9.17) is 0 Å². The summed E-state index contributed by atoms with van der Waals surface area (Å²) in [6.07, 6.45) is 1.87. The average Bonchev–Trinajstić information content (AvgIpc) is 2.49. The molecule has 0 N–H and O–H groups in total. The van der Waals surface area contributed by atoms with E-state index in [1.54, 1.807) is 0 Å². The first-order valence-corrected chi connectivity index (χ1v) is 7.81. The second-order valence-corrected chi connectivity index (χ2v) is 6.32. The summed E-state index contributed by atoms with van der Waals surface area (Å²) in [5, 5.41) is 0. The quantitative estimate of drug-likeness (QED) is 0.811. The first kappa shape index (κ1) is 16.7. The van der Waals surface area contributed by atoms with Crippen LogP contribution in [-0.2, 0) is 13.1 Å². The van der Waals surface area contributed by atoms with E-state index >= 15 is 0 Å². The maximum absolute atomic E-state index is 4.48. The zero-order chi connectivity index (χ0) is 16.1. The van der Waals surface area contributed by atoms with Crippen molar-refractivity contribution in [1.29, 1.82) is 0 Å². The van der Waals surface area contributed by atoms with Crippen molar-refractivity contribution >= 4 is 0 Å². The van der Waals surface area contributed by atoms with Gasteiger partial charge >= 0.3 is 0 Å². The lowest BCUT2D eigenvalue weighted by atomic mass is 10.0. The van der Waals surface area contributed by atoms with E-state index < -0.39 is 0 Å². The minimum atomic E-state index is 0.434. The number of rotatable bonds is 6. The van der Waals surface area contributed by atoms with Crippen LogP contribution in [0.3, 0.4) is 0 Å². The molecule has 3 nitrogen and oxygen atoms in total. The standard InChI is InChI=1S/C19H27N3/c1-15-8-7-11-20-19(15)14-22(5)13-17-9-6-10-18(12-17)16(2)21(3)4/h6-12,16H,13-14H2,1-5H3. The van der Waals surface area contributed by atoms with E-state index in [1.165, 1.54) is 16.7 Å². The van der Waals surface area contributed by atoms with Crippen LogP contribution in [0.5, 0.6) is 0 Å². The fourth-order valence-corrected chi connectivity index (χ4v) is 2.56. The molecule has 2 aromatic rings. The second-order valence-electron chi connectivity index (χ2n) is 6.32. The molecule has 1 aromatic carbocycles. The summed E-state index contributed by atoms with van der Waals surface area (Å²) in [6.45, 7) is 6.17. The van der Waals surface area contributed by atoms with Crippen molar-refractivity contribution in [1.82, 2.24) is 14.8 Å². The molecule has 0 bridgehead atoms. The third kappa shape index (κ3) is 4.39. The minimum Gasteiger partial charge on any atom is -0.303 e. The average molecular weight is 297 g/mol. The molecule has 0 amide bonds. The van der Waals surface area contributed by atoms with Gasteiger partial charge in [-0.05, 0) is 57.7 Å². The number of hydrogen-bond donors (Lipinski definition) is 0. The van der Waals surface area contributed by atoms with Crippen molar-refractivity contribution in [2.24, 2.45) is 0 Å². The summed E-state index contributed by atoms with van der Waals surface area (Å²) in [5.74, 6) is 0. The topological polar surface area (TPSA) is 19.4 Å². The summed E-state index contributed by atoms with van der Waals surface area (Å²) < 4.78 is 0. The van der Waals surface area contributed by atoms with Crippen molar-refractivity contribution in [3.05, 3.63) is 65.0 Å². The predicted molar refractivity (Wildman–Crippen MR) is 92.7 cm³/mol. The molecule has 1 atom stereocenters. The van der Waals surface area contributed by atoms with Gasteiger partial charge in [0.1, 0.15) is 0 Å². The Hall–Kier alpha value is -1.71. The Labute approximate surface area is 134 Å². The number of aromatic nitrogens is 1. The molecule has 0 radical (unpaired) electrons. The third-order valence-corrected chi connectivity index (χ3v) is 4.20. The molecule has 3 heteroatoms. The van der Waals surface area contributed by atoms with Gasteiger partial charge < -0.3 is 4.90 Å². The molecule has 1 aromatic heterocycles. The molecule has 1 heterocycles. The fourth-order valence-electron chi connectivity index (χ4n) is 2.56. The summed E-state index contributed by atoms with van der Waals surface area (Å²) in [6, 6.07) is 13.4. The van der Waals surface area contributed by atoms with Crippen molar-refractivity contribution in [3.8, 4) is 0 Å². The van der Waals surface area contributed by atoms with E-state index in [9.17, 15) is 0 Å². The molecule has 22 heavy (non-hydrogen) atoms. The van der Waals surface area contributed by atoms with Crippen LogP contribution in [-0.4, -0.2) is 35.9 Å². The Bertz CT molecular complexity index is 607. The van der Waals surface area contributed by atoms with Gasteiger partial charge in [0.25, 0.3) is 0 Å². The van der Waals surface area contributed by atoms with Gasteiger partial charge in [-0.2, -0.15) is 0 Å². The van der Waals surface area contributed by atoms with E-state index in [-0.39, 0.29) is 0 Å². The van der Waals surface area contributed by atoms with Crippen LogP contribution in [0.4, 0.5) is 0 Å². The molecular formula is C19H27N3. The van der Waals surface area contributed by atoms with Gasteiger partial charge in [-0.3, -0.25) is 9.88 Å². The summed E-state index contributed by atoms with van der Waals surface area (Å²) in [5.41, 5.74) is 5.12. The third-order valence-electron chi connectivity index (χ3n) is 4.20. The van der Waals surface area contributed by atoms with Crippen LogP contribution in [0, 0.1) is 6.92 Å². The molecule has 0 saturated carbocycles. The Kier molecular flexibility index (Phi) is 5.69. The molecule has 0 aliphatic rings. The summed E-state index contributed by atoms with van der Waals surface area (Å²) >= 11 is 0. The van der Waals surface area contributed by atoms with E-state index in [0.29, 0.717) is 6.04 Å². The number of benzene rings is 1. The van der Waals surface area contributed by atoms with Crippen molar-refractivity contribution in [2.45, 2.75) is 33.0 Å². The lowest BCUT2D eigenvalue weighted by Crippen LogP contribution is -2.20. The highest BCUT2D eigenvalue weighted by Gasteiger charge is 2.09. The highest BCUT2D eigenvalue weighted by atomic mass is 15.1. The van der Waals surface area contributed by atoms with Crippen LogP contribution in [0.1, 0.15) is 35.3 Å². The van der Waals surface area contributed by atoms with Crippen molar-refractivity contribution < 1.29 is 0 Å². The molecule has 0 saturated heterocycles. The molecule has 118 valence electrons. The van der Waals surface area contributed by atoms with Crippen molar-refractivity contribution in [2.75, 3.05) is 21.1 Å². The van der Waals surface area contributed by atoms with Gasteiger partial charge in [-0.25, -0.2) is 0 Å². The zero-order valence-corrected chi connectivity index (χ0v) is 14.4. The van der Waals surface area contributed by atoms with Gasteiger partial charge in [0.15, 0.2) is 0 Å². The largest absolute Gasteiger partial charge is 0.303 e. The van der Waals surface area contributed by atoms with Crippen molar-refractivity contribution in [3.63, 3.8) is 0 Å². The number of pyridine rings is 1. The number of nitrogens with zero attached hydrogens (tertiary/aromatic N) is 3. The summed E-state index contributed by atoms with van der Waals surface area (Å²) in [7, 11) is 6.39. The first-order chi connectivity index (χ1) is 10.5. The van der Waals surface area contributed by atoms with Crippen LogP contribution in [0.25, 0.3) is 0 Å². The van der Waals surface area contributed by atoms with E-state index in [1.807, 2.05) is 12.3 Å². The summed E-state index contributed by atoms with van der Waals surface area (Å²) in [4.78, 5) is 9.03. The Morgan fingerprint density at radius 2 is 1.82 bits per heavy atom. The Balaban J connectivity index is 2.04.